The van der Waals surface area contributed by atoms with Crippen LogP contribution in [0.4, 0.5) is 0 Å². The van der Waals surface area contributed by atoms with Gasteiger partial charge in [0.05, 0.1) is 19.6 Å². The summed E-state index contributed by atoms with van der Waals surface area (Å²) in [7, 11) is 0. The molecular weight excluding hydrogens is 270 g/mol. The van der Waals surface area contributed by atoms with Crippen molar-refractivity contribution in [2.24, 2.45) is 0 Å². The van der Waals surface area contributed by atoms with Crippen LogP contribution in [0.15, 0.2) is 18.2 Å². The van der Waals surface area contributed by atoms with Crippen molar-refractivity contribution in [2.45, 2.75) is 38.3 Å². The summed E-state index contributed by atoms with van der Waals surface area (Å²) >= 11 is 0. The van der Waals surface area contributed by atoms with Crippen LogP contribution in [0.25, 0.3) is 0 Å². The number of carbonyl (C=O) groups is 1. The predicted octanol–water partition coefficient (Wildman–Crippen LogP) is 2.29. The van der Waals surface area contributed by atoms with E-state index in [1.165, 1.54) is 12.8 Å². The van der Waals surface area contributed by atoms with Crippen molar-refractivity contribution < 1.29 is 19.4 Å². The van der Waals surface area contributed by atoms with Crippen LogP contribution >= 0.6 is 0 Å². The molecular formula is C16H21NO4. The van der Waals surface area contributed by atoms with Crippen molar-refractivity contribution in [3.8, 4) is 11.5 Å². The van der Waals surface area contributed by atoms with Crippen molar-refractivity contribution in [2.75, 3.05) is 19.8 Å². The lowest BCUT2D eigenvalue weighted by atomic mass is 10.1. The van der Waals surface area contributed by atoms with Crippen molar-refractivity contribution in [1.82, 2.24) is 4.90 Å². The molecule has 0 unspecified atom stereocenters. The van der Waals surface area contributed by atoms with Gasteiger partial charge in [0.2, 0.25) is 0 Å². The molecule has 0 saturated heterocycles. The maximum absolute atomic E-state index is 10.8. The Hall–Kier alpha value is -1.75. The van der Waals surface area contributed by atoms with E-state index in [9.17, 15) is 4.79 Å². The van der Waals surface area contributed by atoms with Crippen LogP contribution in [0.1, 0.15) is 31.2 Å². The summed E-state index contributed by atoms with van der Waals surface area (Å²) in [4.78, 5) is 13.0. The molecule has 2 aliphatic rings. The van der Waals surface area contributed by atoms with Gasteiger partial charge in [-0.25, -0.2) is 0 Å². The second-order valence-electron chi connectivity index (χ2n) is 5.68. The minimum atomic E-state index is -0.737. The van der Waals surface area contributed by atoms with Crippen molar-refractivity contribution in [1.29, 1.82) is 0 Å². The molecule has 0 spiro atoms. The molecule has 1 heterocycles. The normalized spacial score (nSPS) is 17.6. The van der Waals surface area contributed by atoms with Crippen molar-refractivity contribution in [3.63, 3.8) is 0 Å². The van der Waals surface area contributed by atoms with Gasteiger partial charge in [-0.3, -0.25) is 9.69 Å². The maximum Gasteiger partial charge on any atom is 0.304 e. The van der Waals surface area contributed by atoms with Crippen molar-refractivity contribution >= 4 is 5.97 Å². The molecule has 1 fully saturated rings. The van der Waals surface area contributed by atoms with Gasteiger partial charge < -0.3 is 14.6 Å². The Balaban J connectivity index is 1.67. The lowest BCUT2D eigenvalue weighted by Gasteiger charge is -2.21. The first-order valence-corrected chi connectivity index (χ1v) is 7.57. The largest absolute Gasteiger partial charge is 0.490 e. The summed E-state index contributed by atoms with van der Waals surface area (Å²) in [6, 6.07) is 6.57. The molecule has 0 bridgehead atoms. The number of hydrogen-bond acceptors (Lipinski definition) is 4. The number of fused-ring (bicyclic) bond motifs is 1. The minimum absolute atomic E-state index is 0.195. The summed E-state index contributed by atoms with van der Waals surface area (Å²) in [5.41, 5.74) is 1.15. The zero-order valence-corrected chi connectivity index (χ0v) is 12.1. The molecule has 0 radical (unpaired) electrons. The molecule has 1 aliphatic carbocycles. The highest BCUT2D eigenvalue weighted by Crippen LogP contribution is 2.33. The van der Waals surface area contributed by atoms with Crippen LogP contribution in [-0.2, 0) is 11.3 Å². The molecule has 1 aromatic carbocycles. The monoisotopic (exact) mass is 291 g/mol. The molecule has 114 valence electrons. The van der Waals surface area contributed by atoms with Gasteiger partial charge >= 0.3 is 5.97 Å². The quantitative estimate of drug-likeness (QED) is 0.871. The van der Waals surface area contributed by atoms with E-state index in [2.05, 4.69) is 4.90 Å². The molecule has 1 aromatic rings. The Bertz CT molecular complexity index is 513. The first-order chi connectivity index (χ1) is 10.2. The molecule has 3 rings (SSSR count). The first-order valence-electron chi connectivity index (χ1n) is 7.57. The van der Waals surface area contributed by atoms with Crippen LogP contribution in [-0.4, -0.2) is 41.8 Å². The zero-order chi connectivity index (χ0) is 14.7. The molecule has 0 atom stereocenters. The molecule has 0 amide bonds. The highest BCUT2D eigenvalue weighted by Gasteiger charge is 2.29. The smallest absolute Gasteiger partial charge is 0.304 e. The molecule has 5 heteroatoms. The fourth-order valence-corrected chi connectivity index (χ4v) is 2.61. The van der Waals surface area contributed by atoms with Crippen LogP contribution in [0.5, 0.6) is 11.5 Å². The van der Waals surface area contributed by atoms with E-state index in [1.54, 1.807) is 0 Å². The molecule has 0 aromatic heterocycles. The summed E-state index contributed by atoms with van der Waals surface area (Å²) < 4.78 is 11.3. The predicted molar refractivity (Wildman–Crippen MR) is 77.7 cm³/mol. The van der Waals surface area contributed by atoms with Gasteiger partial charge in [0, 0.05) is 25.6 Å². The fraction of sp³-hybridized carbons (Fsp3) is 0.562. The molecule has 5 nitrogen and oxygen atoms in total. The second kappa shape index (κ2) is 6.35. The Morgan fingerprint density at radius 3 is 2.71 bits per heavy atom. The van der Waals surface area contributed by atoms with Gasteiger partial charge in [0.15, 0.2) is 11.5 Å². The van der Waals surface area contributed by atoms with Crippen LogP contribution < -0.4 is 9.47 Å². The Morgan fingerprint density at radius 1 is 1.24 bits per heavy atom. The standard InChI is InChI=1S/C16H21NO4/c18-16(19)6-7-17(13-3-4-13)11-12-2-5-14-15(10-12)21-9-1-8-20-14/h2,5,10,13H,1,3-4,6-9,11H2,(H,18,19). The zero-order valence-electron chi connectivity index (χ0n) is 12.1. The van der Waals surface area contributed by atoms with E-state index in [1.807, 2.05) is 18.2 Å². The Labute approximate surface area is 124 Å². The number of rotatable bonds is 6. The fourth-order valence-electron chi connectivity index (χ4n) is 2.61. The lowest BCUT2D eigenvalue weighted by Crippen LogP contribution is -2.28. The Morgan fingerprint density at radius 2 is 2.00 bits per heavy atom. The molecule has 1 aliphatic heterocycles. The Kier molecular flexibility index (Phi) is 4.29. The van der Waals surface area contributed by atoms with Crippen LogP contribution in [0.3, 0.4) is 0 Å². The van der Waals surface area contributed by atoms with Gasteiger partial charge in [-0.1, -0.05) is 6.07 Å². The van der Waals surface area contributed by atoms with E-state index in [4.69, 9.17) is 14.6 Å². The topological polar surface area (TPSA) is 59.0 Å². The van der Waals surface area contributed by atoms with Crippen LogP contribution in [0.2, 0.25) is 0 Å². The van der Waals surface area contributed by atoms with Crippen molar-refractivity contribution in [3.05, 3.63) is 23.8 Å². The van der Waals surface area contributed by atoms with E-state index >= 15 is 0 Å². The summed E-state index contributed by atoms with van der Waals surface area (Å²) in [5, 5.41) is 8.86. The van der Waals surface area contributed by atoms with E-state index in [-0.39, 0.29) is 6.42 Å². The van der Waals surface area contributed by atoms with Gasteiger partial charge in [0.25, 0.3) is 0 Å². The summed E-state index contributed by atoms with van der Waals surface area (Å²) in [6.07, 6.45) is 3.44. The third-order valence-corrected chi connectivity index (χ3v) is 3.87. The molecule has 1 saturated carbocycles. The lowest BCUT2D eigenvalue weighted by molar-refractivity contribution is -0.137. The maximum atomic E-state index is 10.8. The van der Waals surface area contributed by atoms with Gasteiger partial charge in [-0.15, -0.1) is 0 Å². The van der Waals surface area contributed by atoms with Gasteiger partial charge in [-0.05, 0) is 30.5 Å². The summed E-state index contributed by atoms with van der Waals surface area (Å²) in [6.45, 7) is 2.75. The van der Waals surface area contributed by atoms with E-state index < -0.39 is 5.97 Å². The van der Waals surface area contributed by atoms with E-state index in [0.29, 0.717) is 25.8 Å². The third kappa shape index (κ3) is 3.88. The number of benzene rings is 1. The number of ether oxygens (including phenoxy) is 2. The SMILES string of the molecule is O=C(O)CCN(Cc1ccc2c(c1)OCCCO2)C1CC1. The summed E-state index contributed by atoms with van der Waals surface area (Å²) in [5.74, 6) is 0.873. The molecule has 1 N–H and O–H groups in total. The highest BCUT2D eigenvalue weighted by molar-refractivity contribution is 5.66. The number of carboxylic acid groups (broad SMARTS) is 1. The van der Waals surface area contributed by atoms with Gasteiger partial charge in [0.1, 0.15) is 0 Å². The average Bonchev–Trinajstić information content (AvgIpc) is 3.29. The molecule has 21 heavy (non-hydrogen) atoms. The number of hydrogen-bond donors (Lipinski definition) is 1. The van der Waals surface area contributed by atoms with E-state index in [0.717, 1.165) is 30.0 Å². The number of carboxylic acids is 1. The number of nitrogens with zero attached hydrogens (tertiary/aromatic N) is 1. The van der Waals surface area contributed by atoms with Gasteiger partial charge in [-0.2, -0.15) is 0 Å². The second-order valence-corrected chi connectivity index (χ2v) is 5.68. The third-order valence-electron chi connectivity index (χ3n) is 3.87. The first kappa shape index (κ1) is 14.2. The highest BCUT2D eigenvalue weighted by atomic mass is 16.5. The number of aliphatic carboxylic acids is 1. The average molecular weight is 291 g/mol. The van der Waals surface area contributed by atoms with Crippen LogP contribution in [0, 0.1) is 0 Å². The minimum Gasteiger partial charge on any atom is -0.490 e.